The van der Waals surface area contributed by atoms with Crippen molar-refractivity contribution < 1.29 is 27.9 Å². The van der Waals surface area contributed by atoms with Crippen molar-refractivity contribution in [1.82, 2.24) is 19.9 Å². The summed E-state index contributed by atoms with van der Waals surface area (Å²) in [4.78, 5) is 29.6. The molecule has 0 bridgehead atoms. The highest BCUT2D eigenvalue weighted by atomic mass is 32.2. The minimum absolute atomic E-state index is 0.0934. The number of carbonyl (C=O) groups is 2. The zero-order chi connectivity index (χ0) is 26.3. The fourth-order valence-corrected chi connectivity index (χ4v) is 5.35. The zero-order valence-corrected chi connectivity index (χ0v) is 21.6. The maximum absolute atomic E-state index is 13.2. The summed E-state index contributed by atoms with van der Waals surface area (Å²) in [5.41, 5.74) is 0.0977. The minimum atomic E-state index is -3.88. The van der Waals surface area contributed by atoms with E-state index in [2.05, 4.69) is 15.6 Å². The van der Waals surface area contributed by atoms with Crippen molar-refractivity contribution in [2.45, 2.75) is 68.8 Å². The van der Waals surface area contributed by atoms with E-state index in [-0.39, 0.29) is 24.5 Å². The first-order chi connectivity index (χ1) is 17.0. The number of nitrogens with zero attached hydrogens (tertiary/aromatic N) is 2. The van der Waals surface area contributed by atoms with Gasteiger partial charge in [-0.2, -0.15) is 4.31 Å². The second-order valence-electron chi connectivity index (χ2n) is 9.74. The fraction of sp³-hybridized carbons (Fsp3) is 0.480. The molecular formula is C25H34N4O6S. The molecular weight excluding hydrogens is 484 g/mol. The highest BCUT2D eigenvalue weighted by molar-refractivity contribution is 7.89. The molecule has 2 heterocycles. The number of amides is 2. The lowest BCUT2D eigenvalue weighted by molar-refractivity contribution is -0.124. The first kappa shape index (κ1) is 27.6. The Morgan fingerprint density at radius 1 is 1.17 bits per heavy atom. The van der Waals surface area contributed by atoms with Gasteiger partial charge in [-0.25, -0.2) is 18.2 Å². The third kappa shape index (κ3) is 7.74. The van der Waals surface area contributed by atoms with Crippen molar-refractivity contribution in [2.75, 3.05) is 13.1 Å². The molecule has 1 aromatic carbocycles. The monoisotopic (exact) mass is 518 g/mol. The average Bonchev–Trinajstić information content (AvgIpc) is 3.00. The van der Waals surface area contributed by atoms with Gasteiger partial charge in [0.15, 0.2) is 5.03 Å². The molecule has 1 fully saturated rings. The third-order valence-electron chi connectivity index (χ3n) is 5.64. The Morgan fingerprint density at radius 2 is 1.86 bits per heavy atom. The number of carbonyl (C=O) groups excluding carboxylic acids is 2. The molecule has 10 nitrogen and oxygen atoms in total. The van der Waals surface area contributed by atoms with E-state index < -0.39 is 45.8 Å². The van der Waals surface area contributed by atoms with Crippen LogP contribution in [0.5, 0.6) is 0 Å². The molecule has 0 saturated carbocycles. The second kappa shape index (κ2) is 11.8. The van der Waals surface area contributed by atoms with E-state index in [1.54, 1.807) is 32.9 Å². The molecule has 3 rings (SSSR count). The minimum Gasteiger partial charge on any atom is -0.444 e. The molecule has 3 N–H and O–H groups in total. The van der Waals surface area contributed by atoms with E-state index in [0.717, 1.165) is 5.56 Å². The van der Waals surface area contributed by atoms with Crippen LogP contribution in [0.3, 0.4) is 0 Å². The number of β-amino-alcohol motifs (C(OH)–C–C–N with tert-alkyl or cyclic N) is 1. The lowest BCUT2D eigenvalue weighted by Crippen LogP contribution is -2.54. The summed E-state index contributed by atoms with van der Waals surface area (Å²) in [5.74, 6) is -0.491. The molecule has 196 valence electrons. The van der Waals surface area contributed by atoms with Gasteiger partial charge in [0.25, 0.3) is 10.0 Å². The van der Waals surface area contributed by atoms with Crippen molar-refractivity contribution in [1.29, 1.82) is 0 Å². The molecule has 11 heteroatoms. The van der Waals surface area contributed by atoms with Gasteiger partial charge in [-0.3, -0.25) is 4.79 Å². The van der Waals surface area contributed by atoms with E-state index in [9.17, 15) is 23.1 Å². The lowest BCUT2D eigenvalue weighted by atomic mass is 10.0. The Bertz CT molecular complexity index is 1120. The number of ether oxygens (including phenoxy) is 1. The highest BCUT2D eigenvalue weighted by Crippen LogP contribution is 2.20. The number of hydrogen-bond acceptors (Lipinski definition) is 7. The number of rotatable bonds is 7. The zero-order valence-electron chi connectivity index (χ0n) is 20.8. The lowest BCUT2D eigenvalue weighted by Gasteiger charge is -2.27. The van der Waals surface area contributed by atoms with Gasteiger partial charge >= 0.3 is 6.09 Å². The quantitative estimate of drug-likeness (QED) is 0.509. The molecule has 1 saturated heterocycles. The summed E-state index contributed by atoms with van der Waals surface area (Å²) in [7, 11) is -3.88. The van der Waals surface area contributed by atoms with Gasteiger partial charge in [0, 0.05) is 25.7 Å². The van der Waals surface area contributed by atoms with Crippen LogP contribution in [-0.4, -0.2) is 71.7 Å². The fourth-order valence-electron chi connectivity index (χ4n) is 3.92. The Labute approximate surface area is 212 Å². The standard InChI is InChI=1S/C25H34N4O6S/c1-25(2,3)35-24(32)28-20(16-18-10-5-4-6-11-18)23(31)27-19-12-9-15-29(17-21(19)30)36(33,34)22-13-7-8-14-26-22/h4-8,10-11,13-14,19-21,30H,9,12,15-17H2,1-3H3,(H,27,31)(H,28,32)/t19?,20-,21?/m0/s1. The van der Waals surface area contributed by atoms with Gasteiger partial charge in [-0.15, -0.1) is 0 Å². The summed E-state index contributed by atoms with van der Waals surface area (Å²) in [5, 5.41) is 16.2. The Kier molecular flexibility index (Phi) is 9.04. The van der Waals surface area contributed by atoms with Crippen LogP contribution in [-0.2, 0) is 26.0 Å². The molecule has 1 aromatic heterocycles. The van der Waals surface area contributed by atoms with Crippen LogP contribution in [0.2, 0.25) is 0 Å². The average molecular weight is 519 g/mol. The second-order valence-corrected chi connectivity index (χ2v) is 11.6. The highest BCUT2D eigenvalue weighted by Gasteiger charge is 2.35. The van der Waals surface area contributed by atoms with Gasteiger partial charge in [-0.1, -0.05) is 36.4 Å². The van der Waals surface area contributed by atoms with Crippen molar-refractivity contribution in [3.05, 3.63) is 60.3 Å². The van der Waals surface area contributed by atoms with Crippen LogP contribution in [0, 0.1) is 0 Å². The maximum atomic E-state index is 13.2. The van der Waals surface area contributed by atoms with E-state index in [0.29, 0.717) is 12.8 Å². The number of sulfonamides is 1. The van der Waals surface area contributed by atoms with E-state index in [1.165, 1.54) is 16.6 Å². The third-order valence-corrected chi connectivity index (χ3v) is 7.42. The van der Waals surface area contributed by atoms with Crippen molar-refractivity contribution in [3.8, 4) is 0 Å². The largest absolute Gasteiger partial charge is 0.444 e. The van der Waals surface area contributed by atoms with Gasteiger partial charge in [0.1, 0.15) is 11.6 Å². The number of aliphatic hydroxyl groups excluding tert-OH is 1. The number of benzene rings is 1. The molecule has 1 aliphatic rings. The SMILES string of the molecule is CC(C)(C)OC(=O)N[C@@H](Cc1ccccc1)C(=O)NC1CCCN(S(=O)(=O)c2ccccn2)CC1O. The van der Waals surface area contributed by atoms with Crippen molar-refractivity contribution in [2.24, 2.45) is 0 Å². The number of pyridine rings is 1. The molecule has 36 heavy (non-hydrogen) atoms. The summed E-state index contributed by atoms with van der Waals surface area (Å²) in [6.45, 7) is 5.18. The van der Waals surface area contributed by atoms with E-state index >= 15 is 0 Å². The number of aromatic nitrogens is 1. The molecule has 0 spiro atoms. The molecule has 2 aromatic rings. The Balaban J connectivity index is 1.71. The maximum Gasteiger partial charge on any atom is 0.408 e. The summed E-state index contributed by atoms with van der Waals surface area (Å²) in [6.07, 6.45) is 0.535. The predicted molar refractivity (Wildman–Crippen MR) is 133 cm³/mol. The molecule has 2 unspecified atom stereocenters. The summed E-state index contributed by atoms with van der Waals surface area (Å²) in [6, 6.07) is 12.2. The summed E-state index contributed by atoms with van der Waals surface area (Å²) >= 11 is 0. The van der Waals surface area contributed by atoms with Crippen LogP contribution in [0.25, 0.3) is 0 Å². The molecule has 0 aliphatic carbocycles. The van der Waals surface area contributed by atoms with Crippen LogP contribution in [0.15, 0.2) is 59.8 Å². The Hall–Kier alpha value is -3.02. The number of aliphatic hydroxyl groups is 1. The first-order valence-electron chi connectivity index (χ1n) is 11.9. The van der Waals surface area contributed by atoms with Gasteiger partial charge in [0.05, 0.1) is 12.1 Å². The van der Waals surface area contributed by atoms with E-state index in [1.807, 2.05) is 30.3 Å². The van der Waals surface area contributed by atoms with E-state index in [4.69, 9.17) is 4.74 Å². The molecule has 3 atom stereocenters. The first-order valence-corrected chi connectivity index (χ1v) is 13.3. The van der Waals surface area contributed by atoms with Crippen LogP contribution < -0.4 is 10.6 Å². The topological polar surface area (TPSA) is 138 Å². The number of nitrogens with one attached hydrogen (secondary N) is 2. The van der Waals surface area contributed by atoms with Crippen molar-refractivity contribution in [3.63, 3.8) is 0 Å². The van der Waals surface area contributed by atoms with Crippen LogP contribution >= 0.6 is 0 Å². The molecule has 1 aliphatic heterocycles. The van der Waals surface area contributed by atoms with Gasteiger partial charge < -0.3 is 20.5 Å². The van der Waals surface area contributed by atoms with Crippen LogP contribution in [0.1, 0.15) is 39.2 Å². The number of alkyl carbamates (subject to hydrolysis) is 1. The predicted octanol–water partition coefficient (Wildman–Crippen LogP) is 1.85. The van der Waals surface area contributed by atoms with Crippen molar-refractivity contribution >= 4 is 22.0 Å². The normalized spacial score (nSPS) is 20.1. The van der Waals surface area contributed by atoms with Gasteiger partial charge in [-0.05, 0) is 51.3 Å². The summed E-state index contributed by atoms with van der Waals surface area (Å²) < 4.78 is 32.4. The van der Waals surface area contributed by atoms with Crippen LogP contribution in [0.4, 0.5) is 4.79 Å². The van der Waals surface area contributed by atoms with Gasteiger partial charge in [0.2, 0.25) is 5.91 Å². The Morgan fingerprint density at radius 3 is 2.50 bits per heavy atom. The molecule has 2 amide bonds. The molecule has 0 radical (unpaired) electrons. The smallest absolute Gasteiger partial charge is 0.408 e. The number of hydrogen-bond donors (Lipinski definition) is 3.